The topological polar surface area (TPSA) is 53.2 Å². The first kappa shape index (κ1) is 16.5. The van der Waals surface area contributed by atoms with Crippen LogP contribution >= 0.6 is 0 Å². The van der Waals surface area contributed by atoms with Crippen molar-refractivity contribution in [1.82, 2.24) is 10.6 Å². The fourth-order valence-electron chi connectivity index (χ4n) is 2.92. The molecular weight excluding hydrogens is 305 g/mol. The maximum atomic E-state index is 13.1. The Hall–Kier alpha value is -2.40. The van der Waals surface area contributed by atoms with Crippen molar-refractivity contribution >= 4 is 11.7 Å². The first-order valence-electron chi connectivity index (χ1n) is 8.25. The van der Waals surface area contributed by atoms with Gasteiger partial charge in [-0.2, -0.15) is 0 Å². The van der Waals surface area contributed by atoms with E-state index in [-0.39, 0.29) is 12.1 Å². The zero-order chi connectivity index (χ0) is 16.8. The molecule has 3 N–H and O–H groups in total. The van der Waals surface area contributed by atoms with E-state index in [1.807, 2.05) is 42.5 Å². The molecule has 0 bridgehead atoms. The summed E-state index contributed by atoms with van der Waals surface area (Å²) in [6.07, 6.45) is 0.391. The van der Waals surface area contributed by atoms with Crippen LogP contribution in [-0.2, 0) is 6.42 Å². The minimum atomic E-state index is -0.813. The van der Waals surface area contributed by atoms with Gasteiger partial charge in [-0.05, 0) is 30.0 Å². The van der Waals surface area contributed by atoms with E-state index in [1.54, 1.807) is 0 Å². The van der Waals surface area contributed by atoms with E-state index in [2.05, 4.69) is 28.1 Å². The minimum Gasteiger partial charge on any atom is -0.336 e. The Morgan fingerprint density at radius 1 is 1.12 bits per heavy atom. The summed E-state index contributed by atoms with van der Waals surface area (Å²) in [7, 11) is 0. The summed E-state index contributed by atoms with van der Waals surface area (Å²) in [4.78, 5) is 12.1. The van der Waals surface area contributed by atoms with Crippen LogP contribution in [0.2, 0.25) is 0 Å². The summed E-state index contributed by atoms with van der Waals surface area (Å²) < 4.78 is 13.1. The van der Waals surface area contributed by atoms with Gasteiger partial charge in [-0.1, -0.05) is 48.5 Å². The summed E-state index contributed by atoms with van der Waals surface area (Å²) in [6.45, 7) is 0.793. The molecule has 4 nitrogen and oxygen atoms in total. The second kappa shape index (κ2) is 7.93. The van der Waals surface area contributed by atoms with Crippen molar-refractivity contribution in [2.24, 2.45) is 0 Å². The number of nitrogens with one attached hydrogen (secondary N) is 3. The number of para-hydroxylation sites is 1. The van der Waals surface area contributed by atoms with E-state index in [0.717, 1.165) is 17.7 Å². The largest absolute Gasteiger partial charge is 0.336 e. The van der Waals surface area contributed by atoms with Crippen molar-refractivity contribution in [3.05, 3.63) is 65.7 Å². The Labute approximate surface area is 141 Å². The summed E-state index contributed by atoms with van der Waals surface area (Å²) in [5.74, 6) is 0. The zero-order valence-electron chi connectivity index (χ0n) is 13.5. The van der Waals surface area contributed by atoms with Gasteiger partial charge in [0.05, 0.1) is 0 Å². The second-order valence-corrected chi connectivity index (χ2v) is 6.09. The lowest BCUT2D eigenvalue weighted by atomic mass is 10.0. The minimum absolute atomic E-state index is 0.00492. The van der Waals surface area contributed by atoms with Gasteiger partial charge in [0.25, 0.3) is 0 Å². The van der Waals surface area contributed by atoms with Gasteiger partial charge in [0.15, 0.2) is 0 Å². The van der Waals surface area contributed by atoms with Crippen LogP contribution < -0.4 is 16.0 Å². The molecule has 2 aromatic carbocycles. The lowest BCUT2D eigenvalue weighted by molar-refractivity contribution is 0.251. The summed E-state index contributed by atoms with van der Waals surface area (Å²) in [5, 5.41) is 8.75. The van der Waals surface area contributed by atoms with Gasteiger partial charge in [-0.25, -0.2) is 9.18 Å². The molecule has 0 spiro atoms. The highest BCUT2D eigenvalue weighted by molar-refractivity contribution is 5.90. The Morgan fingerprint density at radius 3 is 2.62 bits per heavy atom. The molecule has 2 amide bonds. The van der Waals surface area contributed by atoms with Crippen molar-refractivity contribution in [3.63, 3.8) is 0 Å². The molecule has 1 heterocycles. The van der Waals surface area contributed by atoms with Gasteiger partial charge >= 0.3 is 6.03 Å². The number of urea groups is 1. The smallest absolute Gasteiger partial charge is 0.319 e. The molecule has 1 aliphatic rings. The average Bonchev–Trinajstić information content (AvgIpc) is 3.01. The van der Waals surface area contributed by atoms with Gasteiger partial charge in [0.1, 0.15) is 6.17 Å². The molecule has 24 heavy (non-hydrogen) atoms. The van der Waals surface area contributed by atoms with Crippen LogP contribution in [0.5, 0.6) is 0 Å². The molecule has 3 rings (SSSR count). The van der Waals surface area contributed by atoms with E-state index >= 15 is 0 Å². The van der Waals surface area contributed by atoms with Crippen molar-refractivity contribution in [1.29, 1.82) is 0 Å². The molecule has 1 aliphatic heterocycles. The molecular formula is C19H22FN3O. The number of hydrogen-bond acceptors (Lipinski definition) is 2. The van der Waals surface area contributed by atoms with Crippen LogP contribution in [0.1, 0.15) is 17.5 Å². The van der Waals surface area contributed by atoms with E-state index in [0.29, 0.717) is 19.5 Å². The highest BCUT2D eigenvalue weighted by Crippen LogP contribution is 2.19. The quantitative estimate of drug-likeness (QED) is 0.790. The van der Waals surface area contributed by atoms with E-state index in [4.69, 9.17) is 0 Å². The van der Waals surface area contributed by atoms with Gasteiger partial charge < -0.3 is 16.0 Å². The monoisotopic (exact) mass is 327 g/mol. The summed E-state index contributed by atoms with van der Waals surface area (Å²) in [6, 6.07) is 17.6. The SMILES string of the molecule is O=C(NC[C@@H]1C[C@H](F)CN1)Nc1ccccc1Cc1ccccc1. The number of rotatable bonds is 5. The fourth-order valence-corrected chi connectivity index (χ4v) is 2.92. The van der Waals surface area contributed by atoms with Crippen molar-refractivity contribution < 1.29 is 9.18 Å². The molecule has 0 aliphatic carbocycles. The number of amides is 2. The molecule has 2 atom stereocenters. The second-order valence-electron chi connectivity index (χ2n) is 6.09. The van der Waals surface area contributed by atoms with Gasteiger partial charge in [0, 0.05) is 24.8 Å². The maximum Gasteiger partial charge on any atom is 0.319 e. The van der Waals surface area contributed by atoms with Crippen molar-refractivity contribution in [2.45, 2.75) is 25.1 Å². The Balaban J connectivity index is 1.57. The van der Waals surface area contributed by atoms with Crippen LogP contribution in [0.3, 0.4) is 0 Å². The number of benzene rings is 2. The first-order valence-corrected chi connectivity index (χ1v) is 8.25. The third-order valence-corrected chi connectivity index (χ3v) is 4.18. The lowest BCUT2D eigenvalue weighted by Gasteiger charge is -2.14. The highest BCUT2D eigenvalue weighted by atomic mass is 19.1. The normalized spacial score (nSPS) is 19.9. The molecule has 1 saturated heterocycles. The average molecular weight is 327 g/mol. The van der Waals surface area contributed by atoms with E-state index in [1.165, 1.54) is 5.56 Å². The van der Waals surface area contributed by atoms with Crippen LogP contribution in [0, 0.1) is 0 Å². The van der Waals surface area contributed by atoms with E-state index < -0.39 is 6.17 Å². The fraction of sp³-hybridized carbons (Fsp3) is 0.316. The summed E-state index contributed by atoms with van der Waals surface area (Å²) in [5.41, 5.74) is 3.04. The standard InChI is InChI=1S/C19H22FN3O/c20-16-11-17(21-12-16)13-22-19(24)23-18-9-5-4-8-15(18)10-14-6-2-1-3-7-14/h1-9,16-17,21H,10-13H2,(H2,22,23,24)/t16-,17-/m0/s1. The highest BCUT2D eigenvalue weighted by Gasteiger charge is 2.23. The van der Waals surface area contributed by atoms with Crippen LogP contribution in [0.15, 0.2) is 54.6 Å². The predicted molar refractivity (Wildman–Crippen MR) is 94.0 cm³/mol. The van der Waals surface area contributed by atoms with Gasteiger partial charge in [-0.15, -0.1) is 0 Å². The lowest BCUT2D eigenvalue weighted by Crippen LogP contribution is -2.39. The van der Waals surface area contributed by atoms with Crippen LogP contribution in [0.4, 0.5) is 14.9 Å². The van der Waals surface area contributed by atoms with Crippen LogP contribution in [0.25, 0.3) is 0 Å². The molecule has 0 saturated carbocycles. The molecule has 0 unspecified atom stereocenters. The molecule has 5 heteroatoms. The Kier molecular flexibility index (Phi) is 5.43. The predicted octanol–water partition coefficient (Wildman–Crippen LogP) is 3.10. The Morgan fingerprint density at radius 2 is 1.88 bits per heavy atom. The van der Waals surface area contributed by atoms with Crippen LogP contribution in [-0.4, -0.2) is 31.3 Å². The Bertz CT molecular complexity index is 677. The van der Waals surface area contributed by atoms with Gasteiger partial charge in [-0.3, -0.25) is 0 Å². The zero-order valence-corrected chi connectivity index (χ0v) is 13.5. The van der Waals surface area contributed by atoms with Gasteiger partial charge in [0.2, 0.25) is 0 Å². The molecule has 126 valence electrons. The molecule has 2 aromatic rings. The maximum absolute atomic E-state index is 13.1. The number of anilines is 1. The third-order valence-electron chi connectivity index (χ3n) is 4.18. The summed E-state index contributed by atoms with van der Waals surface area (Å²) >= 11 is 0. The molecule has 1 fully saturated rings. The first-order chi connectivity index (χ1) is 11.7. The molecule has 0 aromatic heterocycles. The van der Waals surface area contributed by atoms with Crippen molar-refractivity contribution in [2.75, 3.05) is 18.4 Å². The molecule has 0 radical (unpaired) electrons. The number of carbonyl (C=O) groups is 1. The van der Waals surface area contributed by atoms with Crippen molar-refractivity contribution in [3.8, 4) is 0 Å². The van der Waals surface area contributed by atoms with E-state index in [9.17, 15) is 9.18 Å². The number of alkyl halides is 1. The number of hydrogen-bond donors (Lipinski definition) is 3. The number of halogens is 1. The third kappa shape index (κ3) is 4.55. The number of carbonyl (C=O) groups excluding carboxylic acids is 1.